The number of nitrogens with zero attached hydrogens (tertiary/aromatic N) is 3. The highest BCUT2D eigenvalue weighted by Gasteiger charge is 2.21. The lowest BCUT2D eigenvalue weighted by Gasteiger charge is -2.14. The zero-order chi connectivity index (χ0) is 38.9. The monoisotopic (exact) mass is 751 g/mol. The largest absolute Gasteiger partial charge is 0.455 e. The summed E-state index contributed by atoms with van der Waals surface area (Å²) in [6.45, 7) is 0. The van der Waals surface area contributed by atoms with Gasteiger partial charge in [-0.3, -0.25) is 0 Å². The first-order chi connectivity index (χ1) is 29.3. The number of benzene rings is 9. The van der Waals surface area contributed by atoms with Gasteiger partial charge < -0.3 is 4.42 Å². The van der Waals surface area contributed by atoms with E-state index in [9.17, 15) is 0 Å². The van der Waals surface area contributed by atoms with Gasteiger partial charge in [-0.2, -0.15) is 0 Å². The van der Waals surface area contributed by atoms with Crippen LogP contribution in [-0.4, -0.2) is 15.0 Å². The van der Waals surface area contributed by atoms with Gasteiger partial charge in [0, 0.05) is 54.7 Å². The fourth-order valence-electron chi connectivity index (χ4n) is 9.00. The summed E-state index contributed by atoms with van der Waals surface area (Å²) < 4.78 is 6.96. The van der Waals surface area contributed by atoms with Crippen molar-refractivity contribution in [3.63, 3.8) is 0 Å². The minimum atomic E-state index is 0.695. The van der Waals surface area contributed by atoms with E-state index in [-0.39, 0.29) is 0 Å². The summed E-state index contributed by atoms with van der Waals surface area (Å²) in [7, 11) is 0. The minimum absolute atomic E-state index is 0.695. The van der Waals surface area contributed by atoms with Gasteiger partial charge in [0.1, 0.15) is 11.2 Å². The summed E-state index contributed by atoms with van der Waals surface area (Å²) in [6.07, 6.45) is 0. The maximum Gasteiger partial charge on any atom is 0.160 e. The summed E-state index contributed by atoms with van der Waals surface area (Å²) in [5, 5.41) is 10.1. The van der Waals surface area contributed by atoms with Crippen LogP contribution >= 0.6 is 0 Å². The molecule has 0 amide bonds. The van der Waals surface area contributed by atoms with Crippen molar-refractivity contribution in [2.45, 2.75) is 0 Å². The molecule has 3 aromatic heterocycles. The molecule has 0 unspecified atom stereocenters. The lowest BCUT2D eigenvalue weighted by molar-refractivity contribution is 0.670. The highest BCUT2D eigenvalue weighted by Crippen LogP contribution is 2.46. The summed E-state index contributed by atoms with van der Waals surface area (Å²) in [6, 6.07) is 70.1. The number of aromatic nitrogens is 3. The van der Waals surface area contributed by atoms with Gasteiger partial charge in [-0.15, -0.1) is 0 Å². The Morgan fingerprint density at radius 3 is 1.78 bits per heavy atom. The van der Waals surface area contributed by atoms with Gasteiger partial charge in [0.05, 0.1) is 22.6 Å². The number of hydrogen-bond acceptors (Lipinski definition) is 4. The Morgan fingerprint density at radius 1 is 0.339 bits per heavy atom. The topological polar surface area (TPSA) is 51.8 Å². The molecule has 9 aromatic carbocycles. The molecule has 4 heteroatoms. The molecule has 59 heavy (non-hydrogen) atoms. The zero-order valence-corrected chi connectivity index (χ0v) is 31.8. The van der Waals surface area contributed by atoms with Gasteiger partial charge in [0.2, 0.25) is 0 Å². The van der Waals surface area contributed by atoms with Gasteiger partial charge in [-0.05, 0) is 51.4 Å². The normalized spacial score (nSPS) is 11.7. The van der Waals surface area contributed by atoms with Crippen LogP contribution < -0.4 is 0 Å². The molecule has 0 N–H and O–H groups in total. The Morgan fingerprint density at radius 2 is 0.949 bits per heavy atom. The molecule has 0 fully saturated rings. The van der Waals surface area contributed by atoms with E-state index in [1.807, 2.05) is 36.4 Å². The number of hydrogen-bond donors (Lipinski definition) is 0. The average molecular weight is 752 g/mol. The van der Waals surface area contributed by atoms with Crippen LogP contribution in [0.3, 0.4) is 0 Å². The maximum absolute atomic E-state index is 6.96. The molecule has 12 aromatic rings. The number of para-hydroxylation sites is 2. The van der Waals surface area contributed by atoms with E-state index in [0.717, 1.165) is 105 Å². The van der Waals surface area contributed by atoms with E-state index in [2.05, 4.69) is 164 Å². The maximum atomic E-state index is 6.96. The predicted octanol–water partition coefficient (Wildman–Crippen LogP) is 14.7. The second-order valence-electron chi connectivity index (χ2n) is 15.1. The molecule has 0 saturated heterocycles. The number of pyridine rings is 1. The fraction of sp³-hybridized carbons (Fsp3) is 0. The Balaban J connectivity index is 1.09. The van der Waals surface area contributed by atoms with Crippen molar-refractivity contribution in [2.75, 3.05) is 0 Å². The van der Waals surface area contributed by atoms with Gasteiger partial charge in [0.15, 0.2) is 5.82 Å². The van der Waals surface area contributed by atoms with Crippen LogP contribution in [0.15, 0.2) is 205 Å². The van der Waals surface area contributed by atoms with Crippen molar-refractivity contribution >= 4 is 65.2 Å². The molecule has 0 spiro atoms. The van der Waals surface area contributed by atoms with Crippen LogP contribution in [0.1, 0.15) is 0 Å². The summed E-state index contributed by atoms with van der Waals surface area (Å²) in [5.74, 6) is 0.695. The average Bonchev–Trinajstić information content (AvgIpc) is 3.70. The second kappa shape index (κ2) is 13.3. The molecule has 3 heterocycles. The summed E-state index contributed by atoms with van der Waals surface area (Å²) in [4.78, 5) is 15.6. The molecule has 0 aliphatic carbocycles. The van der Waals surface area contributed by atoms with Crippen LogP contribution in [-0.2, 0) is 0 Å². The van der Waals surface area contributed by atoms with Gasteiger partial charge in [-0.1, -0.05) is 176 Å². The molecular formula is C55H33N3O. The van der Waals surface area contributed by atoms with Gasteiger partial charge in [-0.25, -0.2) is 15.0 Å². The van der Waals surface area contributed by atoms with E-state index in [1.54, 1.807) is 0 Å². The summed E-state index contributed by atoms with van der Waals surface area (Å²) >= 11 is 0. The van der Waals surface area contributed by atoms with Crippen LogP contribution in [0.2, 0.25) is 0 Å². The molecule has 0 saturated carbocycles. The third-order valence-electron chi connectivity index (χ3n) is 11.7. The van der Waals surface area contributed by atoms with Crippen molar-refractivity contribution < 1.29 is 4.42 Å². The van der Waals surface area contributed by atoms with E-state index < -0.39 is 0 Å². The molecule has 0 bridgehead atoms. The van der Waals surface area contributed by atoms with Crippen molar-refractivity contribution in [3.8, 4) is 56.3 Å². The first kappa shape index (κ1) is 33.2. The fourth-order valence-corrected chi connectivity index (χ4v) is 9.00. The quantitative estimate of drug-likeness (QED) is 0.164. The lowest BCUT2D eigenvalue weighted by Crippen LogP contribution is -1.96. The molecular weight excluding hydrogens is 719 g/mol. The van der Waals surface area contributed by atoms with Crippen LogP contribution in [0.25, 0.3) is 121 Å². The Hall–Kier alpha value is -7.95. The van der Waals surface area contributed by atoms with Gasteiger partial charge >= 0.3 is 0 Å². The first-order valence-electron chi connectivity index (χ1n) is 19.9. The lowest BCUT2D eigenvalue weighted by atomic mass is 9.91. The smallest absolute Gasteiger partial charge is 0.160 e. The number of fused-ring (bicyclic) bond motifs is 9. The Kier molecular flexibility index (Phi) is 7.50. The Labute approximate surface area is 339 Å². The SMILES string of the molecule is c1ccc(-c2cc(-c3ccc(-c4cccc5c4oc4ccc6c(-c7cccc8ccccc78)nc7ccccc7c6c45)c4ccccc34)nc(-c3ccccc3)n2)cc1. The van der Waals surface area contributed by atoms with Crippen molar-refractivity contribution in [2.24, 2.45) is 0 Å². The van der Waals surface area contributed by atoms with E-state index in [4.69, 9.17) is 19.4 Å². The minimum Gasteiger partial charge on any atom is -0.455 e. The first-order valence-corrected chi connectivity index (χ1v) is 19.9. The molecule has 12 rings (SSSR count). The molecule has 0 aliphatic rings. The standard InChI is InChI=1S/C55H33N3O/c1-3-16-35(17-4-1)48-33-49(58-55(57-48)36-18-5-2-6-19-36)41-30-29-40(38-22-9-10-23-39(38)41)43-26-14-27-46-52-50(59-54(43)46)32-31-45-51(52)44-24-11-12-28-47(44)56-53(45)42-25-13-20-34-15-7-8-21-37(34)42/h1-33H. The van der Waals surface area contributed by atoms with E-state index in [1.165, 1.54) is 10.8 Å². The van der Waals surface area contributed by atoms with Crippen LogP contribution in [0.4, 0.5) is 0 Å². The third-order valence-corrected chi connectivity index (χ3v) is 11.7. The highest BCUT2D eigenvalue weighted by molar-refractivity contribution is 6.29. The number of rotatable bonds is 5. The van der Waals surface area contributed by atoms with E-state index in [0.29, 0.717) is 5.82 Å². The van der Waals surface area contributed by atoms with Crippen LogP contribution in [0.5, 0.6) is 0 Å². The van der Waals surface area contributed by atoms with E-state index >= 15 is 0 Å². The van der Waals surface area contributed by atoms with Crippen molar-refractivity contribution in [1.29, 1.82) is 0 Å². The highest BCUT2D eigenvalue weighted by atomic mass is 16.3. The van der Waals surface area contributed by atoms with Crippen LogP contribution in [0, 0.1) is 0 Å². The third kappa shape index (κ3) is 5.34. The molecule has 274 valence electrons. The second-order valence-corrected chi connectivity index (χ2v) is 15.1. The predicted molar refractivity (Wildman–Crippen MR) is 244 cm³/mol. The molecule has 0 radical (unpaired) electrons. The Bertz CT molecular complexity index is 3550. The molecule has 0 aliphatic heterocycles. The molecule has 0 atom stereocenters. The van der Waals surface area contributed by atoms with Gasteiger partial charge in [0.25, 0.3) is 0 Å². The zero-order valence-electron chi connectivity index (χ0n) is 31.8. The molecule has 4 nitrogen and oxygen atoms in total. The van der Waals surface area contributed by atoms with Crippen molar-refractivity contribution in [1.82, 2.24) is 15.0 Å². The van der Waals surface area contributed by atoms with Crippen molar-refractivity contribution in [3.05, 3.63) is 200 Å². The summed E-state index contributed by atoms with van der Waals surface area (Å²) in [5.41, 5.74) is 11.7. The number of furan rings is 1.